The number of benzene rings is 1. The molecule has 3 heteroatoms. The number of aromatic nitrogens is 1. The van der Waals surface area contributed by atoms with Crippen LogP contribution in [0.2, 0.25) is 0 Å². The number of nitrogens with one attached hydrogen (secondary N) is 1. The molecule has 1 aromatic heterocycles. The average molecular weight is 258 g/mol. The molecular weight excluding hydrogens is 236 g/mol. The lowest BCUT2D eigenvalue weighted by Crippen LogP contribution is -2.15. The van der Waals surface area contributed by atoms with Crippen molar-refractivity contribution in [1.82, 2.24) is 4.98 Å². The van der Waals surface area contributed by atoms with Crippen LogP contribution in [0.4, 0.5) is 5.69 Å². The fraction of sp³-hybridized carbons (Fsp3) is 0.438. The van der Waals surface area contributed by atoms with Gasteiger partial charge in [0.25, 0.3) is 0 Å². The van der Waals surface area contributed by atoms with Gasteiger partial charge in [-0.2, -0.15) is 0 Å². The minimum Gasteiger partial charge on any atom is -0.497 e. The smallest absolute Gasteiger partial charge is 0.121 e. The number of methoxy groups -OCH3 is 1. The number of ether oxygens (including phenoxy) is 1. The van der Waals surface area contributed by atoms with Gasteiger partial charge in [-0.15, -0.1) is 0 Å². The van der Waals surface area contributed by atoms with E-state index in [-0.39, 0.29) is 0 Å². The third kappa shape index (κ3) is 3.37. The van der Waals surface area contributed by atoms with E-state index in [2.05, 4.69) is 30.2 Å². The van der Waals surface area contributed by atoms with Gasteiger partial charge in [-0.3, -0.25) is 4.98 Å². The third-order valence-corrected chi connectivity index (χ3v) is 3.31. The molecule has 102 valence electrons. The fourth-order valence-electron chi connectivity index (χ4n) is 2.24. The summed E-state index contributed by atoms with van der Waals surface area (Å²) in [6.07, 6.45) is 5.46. The summed E-state index contributed by atoms with van der Waals surface area (Å²) >= 11 is 0. The van der Waals surface area contributed by atoms with Gasteiger partial charge in [-0.05, 0) is 25.5 Å². The highest BCUT2D eigenvalue weighted by molar-refractivity contribution is 5.91. The second kappa shape index (κ2) is 6.41. The molecule has 19 heavy (non-hydrogen) atoms. The molecule has 0 aliphatic heterocycles. The molecule has 0 aliphatic carbocycles. The molecule has 1 N–H and O–H groups in total. The van der Waals surface area contributed by atoms with Crippen molar-refractivity contribution in [2.75, 3.05) is 12.4 Å². The molecule has 0 aliphatic rings. The SMILES string of the molecule is CCCCC(C)Nc1cc(OC)cc2cccnc12. The molecule has 0 bridgehead atoms. The van der Waals surface area contributed by atoms with Crippen LogP contribution < -0.4 is 10.1 Å². The summed E-state index contributed by atoms with van der Waals surface area (Å²) < 4.78 is 5.36. The summed E-state index contributed by atoms with van der Waals surface area (Å²) in [5, 5.41) is 4.66. The molecule has 0 saturated carbocycles. The van der Waals surface area contributed by atoms with E-state index in [0.29, 0.717) is 6.04 Å². The van der Waals surface area contributed by atoms with Crippen LogP contribution >= 0.6 is 0 Å². The molecule has 2 rings (SSSR count). The van der Waals surface area contributed by atoms with Crippen molar-refractivity contribution in [3.8, 4) is 5.75 Å². The highest BCUT2D eigenvalue weighted by Crippen LogP contribution is 2.28. The third-order valence-electron chi connectivity index (χ3n) is 3.31. The summed E-state index contributed by atoms with van der Waals surface area (Å²) in [6, 6.07) is 8.50. The average Bonchev–Trinajstić information content (AvgIpc) is 2.44. The first kappa shape index (κ1) is 13.7. The second-order valence-electron chi connectivity index (χ2n) is 4.94. The Morgan fingerprint density at radius 2 is 2.21 bits per heavy atom. The lowest BCUT2D eigenvalue weighted by Gasteiger charge is -2.17. The van der Waals surface area contributed by atoms with E-state index in [0.717, 1.165) is 22.3 Å². The molecule has 1 aromatic carbocycles. The first-order valence-electron chi connectivity index (χ1n) is 6.94. The predicted octanol–water partition coefficient (Wildman–Crippen LogP) is 4.23. The van der Waals surface area contributed by atoms with Gasteiger partial charge in [-0.25, -0.2) is 0 Å². The summed E-state index contributed by atoms with van der Waals surface area (Å²) in [5.74, 6) is 0.866. The minimum absolute atomic E-state index is 0.442. The van der Waals surface area contributed by atoms with E-state index in [4.69, 9.17) is 4.74 Å². The van der Waals surface area contributed by atoms with Crippen molar-refractivity contribution in [3.63, 3.8) is 0 Å². The van der Waals surface area contributed by atoms with Crippen molar-refractivity contribution in [3.05, 3.63) is 30.5 Å². The van der Waals surface area contributed by atoms with Gasteiger partial charge in [0.05, 0.1) is 18.3 Å². The molecule has 0 amide bonds. The molecule has 0 spiro atoms. The quantitative estimate of drug-likeness (QED) is 0.841. The molecule has 0 fully saturated rings. The molecule has 1 unspecified atom stereocenters. The molecule has 2 aromatic rings. The van der Waals surface area contributed by atoms with Gasteiger partial charge in [-0.1, -0.05) is 25.8 Å². The number of nitrogens with zero attached hydrogens (tertiary/aromatic N) is 1. The van der Waals surface area contributed by atoms with Crippen molar-refractivity contribution in [2.24, 2.45) is 0 Å². The number of unbranched alkanes of at least 4 members (excludes halogenated alkanes) is 1. The van der Waals surface area contributed by atoms with E-state index < -0.39 is 0 Å². The maximum absolute atomic E-state index is 5.36. The number of hydrogen-bond acceptors (Lipinski definition) is 3. The number of rotatable bonds is 6. The summed E-state index contributed by atoms with van der Waals surface area (Å²) in [4.78, 5) is 4.47. The van der Waals surface area contributed by atoms with Crippen LogP contribution in [0.1, 0.15) is 33.1 Å². The highest BCUT2D eigenvalue weighted by atomic mass is 16.5. The summed E-state index contributed by atoms with van der Waals surface area (Å²) in [6.45, 7) is 4.43. The molecule has 0 saturated heterocycles. The van der Waals surface area contributed by atoms with Gasteiger partial charge in [0, 0.05) is 23.7 Å². The molecule has 1 atom stereocenters. The Morgan fingerprint density at radius 3 is 2.95 bits per heavy atom. The van der Waals surface area contributed by atoms with Crippen LogP contribution in [0.25, 0.3) is 10.9 Å². The van der Waals surface area contributed by atoms with Crippen molar-refractivity contribution < 1.29 is 4.74 Å². The van der Waals surface area contributed by atoms with E-state index in [1.807, 2.05) is 24.4 Å². The Bertz CT molecular complexity index is 539. The van der Waals surface area contributed by atoms with Gasteiger partial charge in [0.1, 0.15) is 5.75 Å². The second-order valence-corrected chi connectivity index (χ2v) is 4.94. The van der Waals surface area contributed by atoms with Gasteiger partial charge in [0.2, 0.25) is 0 Å². The Balaban J connectivity index is 2.29. The van der Waals surface area contributed by atoms with Crippen LogP contribution in [-0.4, -0.2) is 18.1 Å². The van der Waals surface area contributed by atoms with Gasteiger partial charge >= 0.3 is 0 Å². The van der Waals surface area contributed by atoms with E-state index in [1.165, 1.54) is 19.3 Å². The molecule has 3 nitrogen and oxygen atoms in total. The zero-order chi connectivity index (χ0) is 13.7. The van der Waals surface area contributed by atoms with Crippen LogP contribution in [0, 0.1) is 0 Å². The lowest BCUT2D eigenvalue weighted by atomic mass is 10.1. The maximum Gasteiger partial charge on any atom is 0.121 e. The van der Waals surface area contributed by atoms with E-state index in [1.54, 1.807) is 7.11 Å². The fourth-order valence-corrected chi connectivity index (χ4v) is 2.24. The van der Waals surface area contributed by atoms with Crippen molar-refractivity contribution in [1.29, 1.82) is 0 Å². The first-order chi connectivity index (χ1) is 9.24. The van der Waals surface area contributed by atoms with Gasteiger partial charge in [0.15, 0.2) is 0 Å². The normalized spacial score (nSPS) is 12.4. The predicted molar refractivity (Wildman–Crippen MR) is 80.9 cm³/mol. The van der Waals surface area contributed by atoms with E-state index in [9.17, 15) is 0 Å². The number of anilines is 1. The maximum atomic E-state index is 5.36. The monoisotopic (exact) mass is 258 g/mol. The van der Waals surface area contributed by atoms with Crippen LogP contribution in [-0.2, 0) is 0 Å². The highest BCUT2D eigenvalue weighted by Gasteiger charge is 2.08. The van der Waals surface area contributed by atoms with E-state index >= 15 is 0 Å². The number of hydrogen-bond donors (Lipinski definition) is 1. The Labute approximate surface area is 115 Å². The lowest BCUT2D eigenvalue weighted by molar-refractivity contribution is 0.415. The Hall–Kier alpha value is -1.77. The standard InChI is InChI=1S/C16H22N2O/c1-4-5-7-12(2)18-15-11-14(19-3)10-13-8-6-9-17-16(13)15/h6,8-12,18H,4-5,7H2,1-3H3. The van der Waals surface area contributed by atoms with Crippen LogP contribution in [0.5, 0.6) is 5.75 Å². The van der Waals surface area contributed by atoms with Crippen molar-refractivity contribution in [2.45, 2.75) is 39.2 Å². The molecule has 1 heterocycles. The molecule has 0 radical (unpaired) electrons. The van der Waals surface area contributed by atoms with Crippen LogP contribution in [0.15, 0.2) is 30.5 Å². The Kier molecular flexibility index (Phi) is 4.61. The minimum atomic E-state index is 0.442. The van der Waals surface area contributed by atoms with Crippen LogP contribution in [0.3, 0.4) is 0 Å². The number of pyridine rings is 1. The summed E-state index contributed by atoms with van der Waals surface area (Å²) in [5.41, 5.74) is 2.06. The van der Waals surface area contributed by atoms with Crippen molar-refractivity contribution >= 4 is 16.6 Å². The Morgan fingerprint density at radius 1 is 1.37 bits per heavy atom. The molecular formula is C16H22N2O. The summed E-state index contributed by atoms with van der Waals surface area (Å²) in [7, 11) is 1.70. The zero-order valence-electron chi connectivity index (χ0n) is 11.9. The first-order valence-corrected chi connectivity index (χ1v) is 6.94. The topological polar surface area (TPSA) is 34.1 Å². The largest absolute Gasteiger partial charge is 0.497 e. The number of fused-ring (bicyclic) bond motifs is 1. The van der Waals surface area contributed by atoms with Gasteiger partial charge < -0.3 is 10.1 Å². The zero-order valence-corrected chi connectivity index (χ0v) is 11.9.